The highest BCUT2D eigenvalue weighted by atomic mass is 19.3. The minimum absolute atomic E-state index is 0.0170. The number of para-hydroxylation sites is 1. The molecule has 0 radical (unpaired) electrons. The second-order valence-corrected chi connectivity index (χ2v) is 3.84. The van der Waals surface area contributed by atoms with Crippen LogP contribution in [0.5, 0.6) is 11.5 Å². The molecule has 6 heteroatoms. The van der Waals surface area contributed by atoms with Crippen molar-refractivity contribution in [2.45, 2.75) is 26.5 Å². The molecule has 0 atom stereocenters. The maximum Gasteiger partial charge on any atom is 0.387 e. The molecule has 1 rings (SSSR count). The van der Waals surface area contributed by atoms with Crippen LogP contribution in [0.4, 0.5) is 8.78 Å². The molecular formula is C12H15F2NO3. The molecule has 0 aromatic heterocycles. The van der Waals surface area contributed by atoms with Crippen molar-refractivity contribution in [2.24, 2.45) is 0 Å². The zero-order valence-corrected chi connectivity index (χ0v) is 10.4. The maximum atomic E-state index is 12.3. The normalized spacial score (nSPS) is 10.6. The summed E-state index contributed by atoms with van der Waals surface area (Å²) >= 11 is 0. The van der Waals surface area contributed by atoms with Gasteiger partial charge in [-0.2, -0.15) is 8.78 Å². The molecule has 18 heavy (non-hydrogen) atoms. The zero-order valence-electron chi connectivity index (χ0n) is 10.4. The van der Waals surface area contributed by atoms with Crippen molar-refractivity contribution in [3.05, 3.63) is 23.8 Å². The molecule has 4 nitrogen and oxygen atoms in total. The summed E-state index contributed by atoms with van der Waals surface area (Å²) in [6.45, 7) is 0.518. The number of nitrogens with one attached hydrogen (secondary N) is 1. The number of amides is 1. The van der Waals surface area contributed by atoms with Crippen LogP contribution < -0.4 is 14.8 Å². The molecule has 1 N–H and O–H groups in total. The standard InChI is InChI=1S/C12H15F2NO3/c1-7(2)15-11(16)8-5-4-6-9(17-3)10(8)18-12(13)14/h4-7,12H,1-3H3,(H,15,16). The highest BCUT2D eigenvalue weighted by Gasteiger charge is 2.20. The van der Waals surface area contributed by atoms with E-state index in [0.29, 0.717) is 0 Å². The lowest BCUT2D eigenvalue weighted by molar-refractivity contribution is -0.0515. The van der Waals surface area contributed by atoms with Crippen LogP contribution in [0.3, 0.4) is 0 Å². The van der Waals surface area contributed by atoms with E-state index in [-0.39, 0.29) is 23.1 Å². The van der Waals surface area contributed by atoms with Gasteiger partial charge < -0.3 is 14.8 Å². The highest BCUT2D eigenvalue weighted by molar-refractivity contribution is 5.97. The predicted molar refractivity (Wildman–Crippen MR) is 62.2 cm³/mol. The van der Waals surface area contributed by atoms with Crippen molar-refractivity contribution >= 4 is 5.91 Å². The van der Waals surface area contributed by atoms with Crippen molar-refractivity contribution in [3.8, 4) is 11.5 Å². The van der Waals surface area contributed by atoms with E-state index in [1.165, 1.54) is 25.3 Å². The first kappa shape index (κ1) is 14.2. The van der Waals surface area contributed by atoms with Crippen LogP contribution in [0.15, 0.2) is 18.2 Å². The first-order valence-electron chi connectivity index (χ1n) is 5.38. The lowest BCUT2D eigenvalue weighted by Crippen LogP contribution is -2.30. The lowest BCUT2D eigenvalue weighted by Gasteiger charge is -2.15. The number of hydrogen-bond donors (Lipinski definition) is 1. The summed E-state index contributed by atoms with van der Waals surface area (Å²) in [5, 5.41) is 2.60. The molecule has 1 aromatic carbocycles. The number of halogens is 2. The molecule has 100 valence electrons. The Hall–Kier alpha value is -1.85. The quantitative estimate of drug-likeness (QED) is 0.883. The molecule has 1 amide bonds. The summed E-state index contributed by atoms with van der Waals surface area (Å²) in [6.07, 6.45) is 0. The molecule has 0 aliphatic heterocycles. The third kappa shape index (κ3) is 3.58. The Kier molecular flexibility index (Phi) is 4.88. The summed E-state index contributed by atoms with van der Waals surface area (Å²) in [6, 6.07) is 4.27. The third-order valence-corrected chi connectivity index (χ3v) is 2.07. The van der Waals surface area contributed by atoms with E-state index in [0.717, 1.165) is 0 Å². The minimum Gasteiger partial charge on any atom is -0.493 e. The second kappa shape index (κ2) is 6.18. The van der Waals surface area contributed by atoms with E-state index in [1.54, 1.807) is 13.8 Å². The fourth-order valence-electron chi connectivity index (χ4n) is 1.41. The molecular weight excluding hydrogens is 244 g/mol. The smallest absolute Gasteiger partial charge is 0.387 e. The van der Waals surface area contributed by atoms with E-state index in [9.17, 15) is 13.6 Å². The monoisotopic (exact) mass is 259 g/mol. The average molecular weight is 259 g/mol. The summed E-state index contributed by atoms with van der Waals surface area (Å²) in [7, 11) is 1.32. The van der Waals surface area contributed by atoms with Crippen molar-refractivity contribution < 1.29 is 23.0 Å². The fraction of sp³-hybridized carbons (Fsp3) is 0.417. The third-order valence-electron chi connectivity index (χ3n) is 2.07. The summed E-state index contributed by atoms with van der Waals surface area (Å²) in [5.74, 6) is -0.653. The van der Waals surface area contributed by atoms with Gasteiger partial charge in [0.25, 0.3) is 5.91 Å². The molecule has 0 saturated carbocycles. The molecule has 1 aromatic rings. The number of rotatable bonds is 5. The van der Waals surface area contributed by atoms with E-state index < -0.39 is 12.5 Å². The number of methoxy groups -OCH3 is 1. The van der Waals surface area contributed by atoms with Crippen LogP contribution in [0.25, 0.3) is 0 Å². The van der Waals surface area contributed by atoms with Crippen molar-refractivity contribution in [2.75, 3.05) is 7.11 Å². The van der Waals surface area contributed by atoms with Gasteiger partial charge in [-0.15, -0.1) is 0 Å². The van der Waals surface area contributed by atoms with Gasteiger partial charge in [-0.3, -0.25) is 4.79 Å². The van der Waals surface area contributed by atoms with Crippen LogP contribution in [-0.4, -0.2) is 25.7 Å². The molecule has 0 saturated heterocycles. The molecule has 0 fully saturated rings. The lowest BCUT2D eigenvalue weighted by atomic mass is 10.1. The SMILES string of the molecule is COc1cccc(C(=O)NC(C)C)c1OC(F)F. The van der Waals surface area contributed by atoms with Gasteiger partial charge in [0.1, 0.15) is 0 Å². The minimum atomic E-state index is -3.02. The topological polar surface area (TPSA) is 47.6 Å². The Labute approximate surface area is 104 Å². The van der Waals surface area contributed by atoms with Gasteiger partial charge in [-0.1, -0.05) is 6.07 Å². The number of carbonyl (C=O) groups excluding carboxylic acids is 1. The molecule has 0 heterocycles. The zero-order chi connectivity index (χ0) is 13.7. The van der Waals surface area contributed by atoms with Crippen LogP contribution in [0.1, 0.15) is 24.2 Å². The van der Waals surface area contributed by atoms with Gasteiger partial charge in [-0.25, -0.2) is 0 Å². The Morgan fingerprint density at radius 2 is 2.00 bits per heavy atom. The predicted octanol–water partition coefficient (Wildman–Crippen LogP) is 2.43. The van der Waals surface area contributed by atoms with E-state index >= 15 is 0 Å². The van der Waals surface area contributed by atoms with Gasteiger partial charge in [0.2, 0.25) is 0 Å². The molecule has 0 spiro atoms. The van der Waals surface area contributed by atoms with E-state index in [4.69, 9.17) is 4.74 Å². The van der Waals surface area contributed by atoms with E-state index in [1.807, 2.05) is 0 Å². The van der Waals surface area contributed by atoms with Gasteiger partial charge in [0.05, 0.1) is 12.7 Å². The molecule has 0 bridgehead atoms. The average Bonchev–Trinajstić information content (AvgIpc) is 2.27. The Balaban J connectivity index is 3.12. The summed E-state index contributed by atoms with van der Waals surface area (Å²) in [5.41, 5.74) is 0.0170. The number of benzene rings is 1. The van der Waals surface area contributed by atoms with Crippen LogP contribution in [0, 0.1) is 0 Å². The summed E-state index contributed by atoms with van der Waals surface area (Å²) < 4.78 is 33.9. The molecule has 0 aliphatic rings. The van der Waals surface area contributed by atoms with Crippen molar-refractivity contribution in [3.63, 3.8) is 0 Å². The maximum absolute atomic E-state index is 12.3. The number of alkyl halides is 2. The van der Waals surface area contributed by atoms with Gasteiger partial charge >= 0.3 is 6.61 Å². The van der Waals surface area contributed by atoms with Crippen LogP contribution >= 0.6 is 0 Å². The van der Waals surface area contributed by atoms with Crippen molar-refractivity contribution in [1.29, 1.82) is 0 Å². The second-order valence-electron chi connectivity index (χ2n) is 3.84. The molecule has 0 aliphatic carbocycles. The molecule has 0 unspecified atom stereocenters. The fourth-order valence-corrected chi connectivity index (χ4v) is 1.41. The Morgan fingerprint density at radius 1 is 1.33 bits per heavy atom. The highest BCUT2D eigenvalue weighted by Crippen LogP contribution is 2.32. The number of carbonyl (C=O) groups is 1. The largest absolute Gasteiger partial charge is 0.493 e. The summed E-state index contributed by atoms with van der Waals surface area (Å²) in [4.78, 5) is 11.8. The van der Waals surface area contributed by atoms with Gasteiger partial charge in [0, 0.05) is 6.04 Å². The number of hydrogen-bond acceptors (Lipinski definition) is 3. The van der Waals surface area contributed by atoms with Gasteiger partial charge in [0.15, 0.2) is 11.5 Å². The number of ether oxygens (including phenoxy) is 2. The Bertz CT molecular complexity index is 422. The van der Waals surface area contributed by atoms with E-state index in [2.05, 4.69) is 10.1 Å². The van der Waals surface area contributed by atoms with Crippen LogP contribution in [0.2, 0.25) is 0 Å². The first-order valence-corrected chi connectivity index (χ1v) is 5.38. The first-order chi connectivity index (χ1) is 8.45. The van der Waals surface area contributed by atoms with Crippen molar-refractivity contribution in [1.82, 2.24) is 5.32 Å². The Morgan fingerprint density at radius 3 is 2.50 bits per heavy atom. The van der Waals surface area contributed by atoms with Gasteiger partial charge in [-0.05, 0) is 26.0 Å². The van der Waals surface area contributed by atoms with Crippen LogP contribution in [-0.2, 0) is 0 Å².